The van der Waals surface area contributed by atoms with Gasteiger partial charge < -0.3 is 14.8 Å². The van der Waals surface area contributed by atoms with Gasteiger partial charge in [-0.1, -0.05) is 29.8 Å². The molecule has 0 aromatic heterocycles. The number of nitrogens with zero attached hydrogens (tertiary/aromatic N) is 1. The molecule has 0 bridgehead atoms. The second-order valence-corrected chi connectivity index (χ2v) is 9.59. The third kappa shape index (κ3) is 5.77. The highest BCUT2D eigenvalue weighted by atomic mass is 35.5. The normalized spacial score (nSPS) is 11.0. The van der Waals surface area contributed by atoms with Crippen LogP contribution in [0.15, 0.2) is 71.6 Å². The number of methoxy groups -OCH3 is 2. The molecule has 3 aromatic rings. The SMILES string of the molecule is COc1cccc(OC)c1CNC(=O)Cc1ccc(N(C)S(=O)(=O)c2ccc(Cl)cc2)cc1. The average Bonchev–Trinajstić information content (AvgIpc) is 2.82. The molecule has 3 aromatic carbocycles. The van der Waals surface area contributed by atoms with Crippen LogP contribution in [-0.4, -0.2) is 35.6 Å². The molecular formula is C24H25ClN2O5S. The zero-order valence-electron chi connectivity index (χ0n) is 18.5. The first kappa shape index (κ1) is 24.4. The number of hydrogen-bond donors (Lipinski definition) is 1. The second kappa shape index (κ2) is 10.6. The molecular weight excluding hydrogens is 464 g/mol. The Morgan fingerprint density at radius 1 is 0.939 bits per heavy atom. The first-order valence-electron chi connectivity index (χ1n) is 10.1. The summed E-state index contributed by atoms with van der Waals surface area (Å²) in [5.41, 5.74) is 1.98. The van der Waals surface area contributed by atoms with E-state index in [0.717, 1.165) is 11.1 Å². The molecule has 0 spiro atoms. The number of halogens is 1. The molecule has 3 rings (SSSR count). The molecule has 33 heavy (non-hydrogen) atoms. The van der Waals surface area contributed by atoms with Crippen molar-refractivity contribution in [3.05, 3.63) is 82.9 Å². The van der Waals surface area contributed by atoms with E-state index in [9.17, 15) is 13.2 Å². The average molecular weight is 489 g/mol. The van der Waals surface area contributed by atoms with Crippen LogP contribution in [0.3, 0.4) is 0 Å². The minimum atomic E-state index is -3.73. The van der Waals surface area contributed by atoms with Gasteiger partial charge in [0.05, 0.1) is 43.3 Å². The fourth-order valence-electron chi connectivity index (χ4n) is 3.26. The molecule has 0 fully saturated rings. The highest BCUT2D eigenvalue weighted by molar-refractivity contribution is 7.92. The summed E-state index contributed by atoms with van der Waals surface area (Å²) in [4.78, 5) is 12.6. The first-order valence-corrected chi connectivity index (χ1v) is 11.9. The van der Waals surface area contributed by atoms with Gasteiger partial charge >= 0.3 is 0 Å². The maximum atomic E-state index is 12.8. The Hall–Kier alpha value is -3.23. The van der Waals surface area contributed by atoms with E-state index in [0.29, 0.717) is 22.2 Å². The van der Waals surface area contributed by atoms with Gasteiger partial charge in [-0.3, -0.25) is 9.10 Å². The fourth-order valence-corrected chi connectivity index (χ4v) is 4.59. The van der Waals surface area contributed by atoms with Crippen molar-refractivity contribution in [3.8, 4) is 11.5 Å². The number of ether oxygens (including phenoxy) is 2. The van der Waals surface area contributed by atoms with Gasteiger partial charge in [-0.15, -0.1) is 0 Å². The third-order valence-corrected chi connectivity index (χ3v) is 7.18. The number of hydrogen-bond acceptors (Lipinski definition) is 5. The minimum Gasteiger partial charge on any atom is -0.496 e. The van der Waals surface area contributed by atoms with Crippen LogP contribution < -0.4 is 19.1 Å². The van der Waals surface area contributed by atoms with Crippen LogP contribution in [0.4, 0.5) is 5.69 Å². The van der Waals surface area contributed by atoms with Crippen LogP contribution in [0, 0.1) is 0 Å². The molecule has 1 amide bonds. The summed E-state index contributed by atoms with van der Waals surface area (Å²) >= 11 is 5.85. The summed E-state index contributed by atoms with van der Waals surface area (Å²) < 4.78 is 37.5. The van der Waals surface area contributed by atoms with Crippen molar-refractivity contribution >= 4 is 33.2 Å². The van der Waals surface area contributed by atoms with Crippen molar-refractivity contribution in [3.63, 3.8) is 0 Å². The maximum Gasteiger partial charge on any atom is 0.264 e. The summed E-state index contributed by atoms with van der Waals surface area (Å²) in [5.74, 6) is 1.07. The number of rotatable bonds is 9. The van der Waals surface area contributed by atoms with Crippen LogP contribution in [0.1, 0.15) is 11.1 Å². The van der Waals surface area contributed by atoms with E-state index in [1.165, 1.54) is 35.6 Å². The Labute approximate surface area is 198 Å². The van der Waals surface area contributed by atoms with Crippen molar-refractivity contribution in [1.82, 2.24) is 5.32 Å². The van der Waals surface area contributed by atoms with Crippen LogP contribution in [0.25, 0.3) is 0 Å². The maximum absolute atomic E-state index is 12.8. The quantitative estimate of drug-likeness (QED) is 0.491. The molecule has 0 atom stereocenters. The minimum absolute atomic E-state index is 0.143. The summed E-state index contributed by atoms with van der Waals surface area (Å²) in [6.07, 6.45) is 0.144. The lowest BCUT2D eigenvalue weighted by Crippen LogP contribution is -2.27. The molecule has 0 aliphatic rings. The highest BCUT2D eigenvalue weighted by Gasteiger charge is 2.21. The molecule has 0 unspecified atom stereocenters. The van der Waals surface area contributed by atoms with E-state index in [-0.39, 0.29) is 23.8 Å². The lowest BCUT2D eigenvalue weighted by atomic mass is 10.1. The monoisotopic (exact) mass is 488 g/mol. The van der Waals surface area contributed by atoms with Gasteiger partial charge in [-0.2, -0.15) is 0 Å². The molecule has 0 radical (unpaired) electrons. The van der Waals surface area contributed by atoms with Crippen molar-refractivity contribution in [2.75, 3.05) is 25.6 Å². The molecule has 0 heterocycles. The highest BCUT2D eigenvalue weighted by Crippen LogP contribution is 2.28. The number of carbonyl (C=O) groups excluding carboxylic acids is 1. The smallest absolute Gasteiger partial charge is 0.264 e. The van der Waals surface area contributed by atoms with E-state index >= 15 is 0 Å². The Morgan fingerprint density at radius 3 is 2.06 bits per heavy atom. The summed E-state index contributed by atoms with van der Waals surface area (Å²) in [5, 5.41) is 3.33. The van der Waals surface area contributed by atoms with Crippen molar-refractivity contribution in [1.29, 1.82) is 0 Å². The molecule has 7 nitrogen and oxygen atoms in total. The Morgan fingerprint density at radius 2 is 1.52 bits per heavy atom. The van der Waals surface area contributed by atoms with Gasteiger partial charge in [0.2, 0.25) is 5.91 Å². The largest absolute Gasteiger partial charge is 0.496 e. The van der Waals surface area contributed by atoms with Gasteiger partial charge in [0.15, 0.2) is 0 Å². The number of sulfonamides is 1. The van der Waals surface area contributed by atoms with Gasteiger partial charge in [0.25, 0.3) is 10.0 Å². The standard InChI is InChI=1S/C24H25ClN2O5S/c1-27(33(29,30)20-13-9-18(25)10-14-20)19-11-7-17(8-12-19)15-24(28)26-16-21-22(31-2)5-4-6-23(21)32-3/h4-14H,15-16H2,1-3H3,(H,26,28). The Kier molecular flexibility index (Phi) is 7.84. The van der Waals surface area contributed by atoms with Crippen LogP contribution in [0.2, 0.25) is 5.02 Å². The zero-order chi connectivity index (χ0) is 24.0. The molecule has 0 saturated carbocycles. The van der Waals surface area contributed by atoms with Gasteiger partial charge in [0.1, 0.15) is 11.5 Å². The van der Waals surface area contributed by atoms with Gasteiger partial charge in [-0.25, -0.2) is 8.42 Å². The number of carbonyl (C=O) groups is 1. The number of benzene rings is 3. The van der Waals surface area contributed by atoms with Gasteiger partial charge in [0, 0.05) is 12.1 Å². The van der Waals surface area contributed by atoms with Crippen LogP contribution in [-0.2, 0) is 27.8 Å². The first-order chi connectivity index (χ1) is 15.8. The molecule has 0 aliphatic heterocycles. The van der Waals surface area contributed by atoms with E-state index < -0.39 is 10.0 Å². The summed E-state index contributed by atoms with van der Waals surface area (Å²) in [7, 11) is 0.876. The van der Waals surface area contributed by atoms with Crippen LogP contribution in [0.5, 0.6) is 11.5 Å². The topological polar surface area (TPSA) is 84.9 Å². The molecule has 0 aliphatic carbocycles. The molecule has 1 N–H and O–H groups in total. The number of nitrogens with one attached hydrogen (secondary N) is 1. The Balaban J connectivity index is 1.65. The van der Waals surface area contributed by atoms with E-state index in [4.69, 9.17) is 21.1 Å². The van der Waals surface area contributed by atoms with Crippen LogP contribution >= 0.6 is 11.6 Å². The molecule has 174 valence electrons. The Bertz CT molecular complexity index is 1190. The third-order valence-electron chi connectivity index (χ3n) is 5.13. The van der Waals surface area contributed by atoms with E-state index in [2.05, 4.69) is 5.32 Å². The second-order valence-electron chi connectivity index (χ2n) is 7.19. The van der Waals surface area contributed by atoms with E-state index in [1.807, 2.05) is 6.07 Å². The molecule has 9 heteroatoms. The predicted molar refractivity (Wildman–Crippen MR) is 129 cm³/mol. The molecule has 0 saturated heterocycles. The number of amides is 1. The fraction of sp³-hybridized carbons (Fsp3) is 0.208. The van der Waals surface area contributed by atoms with Crippen molar-refractivity contribution < 1.29 is 22.7 Å². The summed E-state index contributed by atoms with van der Waals surface area (Å²) in [6.45, 7) is 0.256. The lowest BCUT2D eigenvalue weighted by molar-refractivity contribution is -0.120. The van der Waals surface area contributed by atoms with Gasteiger partial charge in [-0.05, 0) is 54.1 Å². The summed E-state index contributed by atoms with van der Waals surface area (Å²) in [6, 6.07) is 18.2. The van der Waals surface area contributed by atoms with Crippen molar-refractivity contribution in [2.24, 2.45) is 0 Å². The predicted octanol–water partition coefficient (Wildman–Crippen LogP) is 4.04. The number of anilines is 1. The lowest BCUT2D eigenvalue weighted by Gasteiger charge is -2.20. The zero-order valence-corrected chi connectivity index (χ0v) is 20.1. The van der Waals surface area contributed by atoms with E-state index in [1.54, 1.807) is 50.6 Å². The van der Waals surface area contributed by atoms with Crippen molar-refractivity contribution in [2.45, 2.75) is 17.9 Å².